The molecule has 0 saturated carbocycles. The number of likely N-dealkylation sites (N-methyl/N-ethyl adjacent to an activating group) is 1. The normalized spacial score (nSPS) is 20.3. The van der Waals surface area contributed by atoms with Crippen LogP contribution in [0.15, 0.2) is 46.8 Å². The Kier molecular flexibility index (Phi) is 5.22. The number of hydrogen-bond acceptors (Lipinski definition) is 1. The summed E-state index contributed by atoms with van der Waals surface area (Å²) in [5.41, 5.74) is 5.75. The van der Waals surface area contributed by atoms with Gasteiger partial charge in [0.25, 0.3) is 0 Å². The zero-order chi connectivity index (χ0) is 14.6. The zero-order valence-corrected chi connectivity index (χ0v) is 13.7. The minimum absolute atomic E-state index is 0.107. The van der Waals surface area contributed by atoms with Gasteiger partial charge in [0, 0.05) is 23.4 Å². The van der Waals surface area contributed by atoms with Gasteiger partial charge in [-0.1, -0.05) is 39.0 Å². The van der Waals surface area contributed by atoms with Crippen LogP contribution in [0.5, 0.6) is 0 Å². The third-order valence-electron chi connectivity index (χ3n) is 4.24. The molecule has 0 saturated heterocycles. The minimum Gasteiger partial charge on any atom is -0.345 e. The first-order valence-electron chi connectivity index (χ1n) is 7.41. The van der Waals surface area contributed by atoms with Crippen molar-refractivity contribution >= 4 is 0 Å². The third-order valence-corrected chi connectivity index (χ3v) is 4.24. The lowest BCUT2D eigenvalue weighted by Crippen LogP contribution is -2.33. The van der Waals surface area contributed by atoms with E-state index >= 15 is 0 Å². The van der Waals surface area contributed by atoms with E-state index in [4.69, 9.17) is 0 Å². The van der Waals surface area contributed by atoms with Crippen molar-refractivity contribution in [2.45, 2.75) is 54.9 Å². The van der Waals surface area contributed by atoms with Crippen LogP contribution in [-0.2, 0) is 0 Å². The fraction of sp³-hybridized carbons (Fsp3) is 0.556. The second-order valence-electron chi connectivity index (χ2n) is 5.69. The molecule has 1 nitrogen and oxygen atoms in total. The summed E-state index contributed by atoms with van der Waals surface area (Å²) in [4.78, 5) is 2.43. The third kappa shape index (κ3) is 2.86. The maximum Gasteiger partial charge on any atom is 0.0402 e. The van der Waals surface area contributed by atoms with Gasteiger partial charge in [0.05, 0.1) is 0 Å². The molecule has 106 valence electrons. The fourth-order valence-corrected chi connectivity index (χ4v) is 2.85. The largest absolute Gasteiger partial charge is 0.345 e. The predicted octanol–water partition coefficient (Wildman–Crippen LogP) is 5.44. The van der Waals surface area contributed by atoms with E-state index in [-0.39, 0.29) is 5.41 Å². The molecule has 0 unspecified atom stereocenters. The standard InChI is InChI=1S/C18H29N/c1-8-11-13-16-15(5)19(10-3)17(12-9-2)14(4)18(16,6)7/h9,11-13H,8,10H2,1-7H3/b12-9-,13-11-. The van der Waals surface area contributed by atoms with Crippen molar-refractivity contribution in [3.8, 4) is 0 Å². The van der Waals surface area contributed by atoms with Crippen LogP contribution in [0.1, 0.15) is 54.9 Å². The van der Waals surface area contributed by atoms with Crippen LogP contribution in [0.3, 0.4) is 0 Å². The Bertz CT molecular complexity index is 444. The lowest BCUT2D eigenvalue weighted by Gasteiger charge is -2.42. The lowest BCUT2D eigenvalue weighted by molar-refractivity contribution is 0.388. The van der Waals surface area contributed by atoms with Gasteiger partial charge in [0.1, 0.15) is 0 Å². The number of rotatable bonds is 4. The van der Waals surface area contributed by atoms with Crippen LogP contribution in [0.4, 0.5) is 0 Å². The molecule has 19 heavy (non-hydrogen) atoms. The molecule has 1 heterocycles. The summed E-state index contributed by atoms with van der Waals surface area (Å²) in [5, 5.41) is 0. The molecule has 0 aromatic heterocycles. The molecule has 0 aromatic rings. The van der Waals surface area contributed by atoms with Crippen LogP contribution < -0.4 is 0 Å². The molecule has 0 bridgehead atoms. The molecule has 0 aliphatic carbocycles. The summed E-state index contributed by atoms with van der Waals surface area (Å²) in [6.45, 7) is 16.7. The van der Waals surface area contributed by atoms with Gasteiger partial charge in [0.15, 0.2) is 0 Å². The van der Waals surface area contributed by atoms with Gasteiger partial charge in [-0.15, -0.1) is 0 Å². The van der Waals surface area contributed by atoms with E-state index in [0.29, 0.717) is 0 Å². The smallest absolute Gasteiger partial charge is 0.0402 e. The van der Waals surface area contributed by atoms with E-state index in [2.05, 4.69) is 77.7 Å². The van der Waals surface area contributed by atoms with E-state index < -0.39 is 0 Å². The van der Waals surface area contributed by atoms with Crippen LogP contribution in [0, 0.1) is 5.41 Å². The van der Waals surface area contributed by atoms with E-state index in [1.165, 1.54) is 22.5 Å². The first-order chi connectivity index (χ1) is 8.91. The van der Waals surface area contributed by atoms with Crippen molar-refractivity contribution in [2.75, 3.05) is 6.54 Å². The average molecular weight is 259 g/mol. The van der Waals surface area contributed by atoms with Gasteiger partial charge in [-0.25, -0.2) is 0 Å². The first kappa shape index (κ1) is 15.8. The molecular formula is C18H29N. The molecule has 0 N–H and O–H groups in total. The maximum atomic E-state index is 2.43. The van der Waals surface area contributed by atoms with Crippen LogP contribution in [0.2, 0.25) is 0 Å². The summed E-state index contributed by atoms with van der Waals surface area (Å²) in [6, 6.07) is 0. The summed E-state index contributed by atoms with van der Waals surface area (Å²) >= 11 is 0. The van der Waals surface area contributed by atoms with Gasteiger partial charge < -0.3 is 4.90 Å². The second kappa shape index (κ2) is 6.27. The van der Waals surface area contributed by atoms with Crippen molar-refractivity contribution in [2.24, 2.45) is 5.41 Å². The van der Waals surface area contributed by atoms with Gasteiger partial charge in [0.2, 0.25) is 0 Å². The highest BCUT2D eigenvalue weighted by Gasteiger charge is 2.33. The Morgan fingerprint density at radius 2 is 1.74 bits per heavy atom. The Balaban J connectivity index is 3.43. The minimum atomic E-state index is 0.107. The SMILES string of the molecule is C/C=C\C1=C(C)C(C)(C)C(/C=C\CC)=C(C)N1CC. The lowest BCUT2D eigenvalue weighted by atomic mass is 9.73. The molecule has 1 rings (SSSR count). The second-order valence-corrected chi connectivity index (χ2v) is 5.69. The Hall–Kier alpha value is -1.24. The molecule has 0 fully saturated rings. The fourth-order valence-electron chi connectivity index (χ4n) is 2.85. The van der Waals surface area contributed by atoms with Crippen molar-refractivity contribution < 1.29 is 0 Å². The van der Waals surface area contributed by atoms with Crippen molar-refractivity contribution in [3.05, 3.63) is 46.8 Å². The summed E-state index contributed by atoms with van der Waals surface area (Å²) in [6.07, 6.45) is 10.0. The molecule has 0 aromatic carbocycles. The maximum absolute atomic E-state index is 2.43. The topological polar surface area (TPSA) is 3.24 Å². The van der Waals surface area contributed by atoms with E-state index in [1.807, 2.05) is 0 Å². The van der Waals surface area contributed by atoms with E-state index in [9.17, 15) is 0 Å². The van der Waals surface area contributed by atoms with E-state index in [1.54, 1.807) is 0 Å². The first-order valence-corrected chi connectivity index (χ1v) is 7.41. The molecule has 1 aliphatic heterocycles. The Morgan fingerprint density at radius 1 is 1.11 bits per heavy atom. The van der Waals surface area contributed by atoms with Crippen LogP contribution in [0.25, 0.3) is 0 Å². The molecule has 0 radical (unpaired) electrons. The van der Waals surface area contributed by atoms with Crippen LogP contribution in [-0.4, -0.2) is 11.4 Å². The Morgan fingerprint density at radius 3 is 2.21 bits per heavy atom. The molecule has 0 atom stereocenters. The molecule has 0 spiro atoms. The van der Waals surface area contributed by atoms with Gasteiger partial charge in [-0.3, -0.25) is 0 Å². The monoisotopic (exact) mass is 259 g/mol. The van der Waals surface area contributed by atoms with Gasteiger partial charge in [-0.05, 0) is 51.3 Å². The van der Waals surface area contributed by atoms with E-state index in [0.717, 1.165) is 13.0 Å². The highest BCUT2D eigenvalue weighted by molar-refractivity contribution is 5.46. The van der Waals surface area contributed by atoms with Gasteiger partial charge in [-0.2, -0.15) is 0 Å². The van der Waals surface area contributed by atoms with Gasteiger partial charge >= 0.3 is 0 Å². The predicted molar refractivity (Wildman–Crippen MR) is 85.8 cm³/mol. The molecule has 1 heteroatoms. The number of nitrogens with zero attached hydrogens (tertiary/aromatic N) is 1. The molecular weight excluding hydrogens is 230 g/mol. The average Bonchev–Trinajstić information content (AvgIpc) is 2.36. The van der Waals surface area contributed by atoms with Crippen molar-refractivity contribution in [3.63, 3.8) is 0 Å². The quantitative estimate of drug-likeness (QED) is 0.650. The summed E-state index contributed by atoms with van der Waals surface area (Å²) in [5.74, 6) is 0. The molecule has 0 amide bonds. The number of hydrogen-bond donors (Lipinski definition) is 0. The van der Waals surface area contributed by atoms with Crippen molar-refractivity contribution in [1.29, 1.82) is 0 Å². The summed E-state index contributed by atoms with van der Waals surface area (Å²) in [7, 11) is 0. The number of allylic oxidation sites excluding steroid dienone is 7. The Labute approximate surface area is 119 Å². The highest BCUT2D eigenvalue weighted by atomic mass is 15.1. The molecule has 1 aliphatic rings. The van der Waals surface area contributed by atoms with Crippen molar-refractivity contribution in [1.82, 2.24) is 4.90 Å². The highest BCUT2D eigenvalue weighted by Crippen LogP contribution is 2.44. The summed E-state index contributed by atoms with van der Waals surface area (Å²) < 4.78 is 0. The zero-order valence-electron chi connectivity index (χ0n) is 13.7. The van der Waals surface area contributed by atoms with Crippen LogP contribution >= 0.6 is 0 Å².